The lowest BCUT2D eigenvalue weighted by Crippen LogP contribution is -2.36. The molecule has 196 valence electrons. The molecule has 0 amide bonds. The third-order valence-electron chi connectivity index (χ3n) is 6.40. The van der Waals surface area contributed by atoms with Gasteiger partial charge in [0.15, 0.2) is 0 Å². The van der Waals surface area contributed by atoms with Crippen LogP contribution in [0.5, 0.6) is 11.5 Å². The van der Waals surface area contributed by atoms with Crippen LogP contribution in [0.4, 0.5) is 0 Å². The molecule has 0 saturated carbocycles. The quantitative estimate of drug-likeness (QED) is 0.241. The molecule has 6 heteroatoms. The van der Waals surface area contributed by atoms with E-state index < -0.39 is 17.3 Å². The van der Waals surface area contributed by atoms with Crippen LogP contribution in [0.2, 0.25) is 0 Å². The van der Waals surface area contributed by atoms with E-state index in [1.54, 1.807) is 43.3 Å². The summed E-state index contributed by atoms with van der Waals surface area (Å²) in [6.45, 7) is 3.99. The second-order valence-electron chi connectivity index (χ2n) is 8.66. The predicted octanol–water partition coefficient (Wildman–Crippen LogP) is 6.26. The second kappa shape index (κ2) is 13.1. The lowest BCUT2D eigenvalue weighted by molar-refractivity contribution is -0.144. The van der Waals surface area contributed by atoms with Gasteiger partial charge in [-0.25, -0.2) is 0 Å². The molecule has 0 aliphatic heterocycles. The summed E-state index contributed by atoms with van der Waals surface area (Å²) in [5.74, 6) is -1.31. The maximum atomic E-state index is 12.1. The molecule has 38 heavy (non-hydrogen) atoms. The van der Waals surface area contributed by atoms with Gasteiger partial charge in [-0.15, -0.1) is 0 Å². The number of carbonyl (C=O) groups is 2. The van der Waals surface area contributed by atoms with Gasteiger partial charge in [-0.2, -0.15) is 0 Å². The van der Waals surface area contributed by atoms with Crippen LogP contribution in [-0.2, 0) is 19.7 Å². The molecule has 0 saturated heterocycles. The molecule has 0 aromatic heterocycles. The molecule has 0 aliphatic rings. The van der Waals surface area contributed by atoms with Crippen molar-refractivity contribution in [2.24, 2.45) is 0 Å². The van der Waals surface area contributed by atoms with Crippen molar-refractivity contribution in [1.82, 2.24) is 0 Å². The van der Waals surface area contributed by atoms with Gasteiger partial charge in [-0.1, -0.05) is 91.9 Å². The van der Waals surface area contributed by atoms with Crippen molar-refractivity contribution >= 4 is 11.9 Å². The summed E-state index contributed by atoms with van der Waals surface area (Å²) in [6.07, 6.45) is 0.442. The van der Waals surface area contributed by atoms with E-state index in [9.17, 15) is 24.9 Å². The molecule has 0 spiro atoms. The Morgan fingerprint density at radius 2 is 1.13 bits per heavy atom. The fourth-order valence-electron chi connectivity index (χ4n) is 4.44. The standard InChI is InChI=1S/2C16H16O3/c1-2-16(15(18)19,12-6-4-3-5-7-12)13-8-10-14(17)11-9-13;1-2-19-16(18)15(12-6-4-3-5-7-12)13-8-10-14(17)11-9-13/h3-11,17H,2H2,1H3,(H,18,19);3-11,15,17H,2H2,1H3. The summed E-state index contributed by atoms with van der Waals surface area (Å²) in [7, 11) is 0. The summed E-state index contributed by atoms with van der Waals surface area (Å²) < 4.78 is 5.14. The van der Waals surface area contributed by atoms with Crippen molar-refractivity contribution < 1.29 is 29.6 Å². The van der Waals surface area contributed by atoms with Crippen LogP contribution in [-0.4, -0.2) is 33.9 Å². The monoisotopic (exact) mass is 512 g/mol. The first-order chi connectivity index (χ1) is 18.3. The van der Waals surface area contributed by atoms with E-state index in [4.69, 9.17) is 4.74 Å². The lowest BCUT2D eigenvalue weighted by atomic mass is 9.72. The Hall–Kier alpha value is -4.58. The van der Waals surface area contributed by atoms with Crippen molar-refractivity contribution in [3.8, 4) is 11.5 Å². The number of rotatable bonds is 8. The van der Waals surface area contributed by atoms with Gasteiger partial charge in [0.25, 0.3) is 0 Å². The van der Waals surface area contributed by atoms with Crippen LogP contribution >= 0.6 is 0 Å². The highest BCUT2D eigenvalue weighted by Crippen LogP contribution is 2.36. The molecule has 4 rings (SSSR count). The van der Waals surface area contributed by atoms with Crippen molar-refractivity contribution in [3.05, 3.63) is 131 Å². The average molecular weight is 513 g/mol. The SMILES string of the molecule is CCC(C(=O)O)(c1ccccc1)c1ccc(O)cc1.CCOC(=O)C(c1ccccc1)c1ccc(O)cc1. The topological polar surface area (TPSA) is 104 Å². The maximum Gasteiger partial charge on any atom is 0.318 e. The number of esters is 1. The van der Waals surface area contributed by atoms with Gasteiger partial charge in [0.05, 0.1) is 6.61 Å². The smallest absolute Gasteiger partial charge is 0.318 e. The van der Waals surface area contributed by atoms with Gasteiger partial charge in [-0.05, 0) is 59.9 Å². The first kappa shape index (κ1) is 28.0. The molecular formula is C32H32O6. The Morgan fingerprint density at radius 1 is 0.684 bits per heavy atom. The number of aromatic hydroxyl groups is 2. The highest BCUT2D eigenvalue weighted by Gasteiger charge is 2.40. The lowest BCUT2D eigenvalue weighted by Gasteiger charge is -2.29. The summed E-state index contributed by atoms with van der Waals surface area (Å²) >= 11 is 0. The minimum absolute atomic E-state index is 0.132. The molecular weight excluding hydrogens is 480 g/mol. The number of carboxylic acid groups (broad SMARTS) is 1. The summed E-state index contributed by atoms with van der Waals surface area (Å²) in [6, 6.07) is 31.7. The van der Waals surface area contributed by atoms with Gasteiger partial charge in [0.2, 0.25) is 0 Å². The minimum Gasteiger partial charge on any atom is -0.508 e. The third kappa shape index (κ3) is 6.40. The number of aliphatic carboxylic acids is 1. The van der Waals surface area contributed by atoms with E-state index in [1.165, 1.54) is 12.1 Å². The molecule has 0 heterocycles. The molecule has 2 atom stereocenters. The number of ether oxygens (including phenoxy) is 1. The number of phenols is 2. The zero-order valence-electron chi connectivity index (χ0n) is 21.5. The molecule has 4 aromatic carbocycles. The van der Waals surface area contributed by atoms with Gasteiger partial charge >= 0.3 is 11.9 Å². The van der Waals surface area contributed by atoms with Gasteiger partial charge < -0.3 is 20.1 Å². The fraction of sp³-hybridized carbons (Fsp3) is 0.188. The van der Waals surface area contributed by atoms with E-state index in [0.29, 0.717) is 18.6 Å². The van der Waals surface area contributed by atoms with Crippen LogP contribution < -0.4 is 0 Å². The normalized spacial score (nSPS) is 12.8. The summed E-state index contributed by atoms with van der Waals surface area (Å²) in [5.41, 5.74) is 2.03. The van der Waals surface area contributed by atoms with E-state index in [2.05, 4.69) is 0 Å². The van der Waals surface area contributed by atoms with Crippen molar-refractivity contribution in [2.45, 2.75) is 31.6 Å². The molecule has 0 bridgehead atoms. The zero-order chi connectivity index (χ0) is 27.5. The summed E-state index contributed by atoms with van der Waals surface area (Å²) in [5, 5.41) is 28.4. The van der Waals surface area contributed by atoms with E-state index >= 15 is 0 Å². The molecule has 6 nitrogen and oxygen atoms in total. The number of hydrogen-bond acceptors (Lipinski definition) is 5. The van der Waals surface area contributed by atoms with E-state index in [1.807, 2.05) is 67.6 Å². The van der Waals surface area contributed by atoms with Gasteiger partial charge in [0.1, 0.15) is 22.8 Å². The fourth-order valence-corrected chi connectivity index (χ4v) is 4.44. The molecule has 3 N–H and O–H groups in total. The first-order valence-corrected chi connectivity index (χ1v) is 12.4. The highest BCUT2D eigenvalue weighted by atomic mass is 16.5. The Labute approximate surface area is 222 Å². The average Bonchev–Trinajstić information content (AvgIpc) is 2.93. The Morgan fingerprint density at radius 3 is 1.61 bits per heavy atom. The number of carbonyl (C=O) groups excluding carboxylic acids is 1. The molecule has 0 fully saturated rings. The second-order valence-corrected chi connectivity index (χ2v) is 8.66. The van der Waals surface area contributed by atoms with Gasteiger partial charge in [-0.3, -0.25) is 9.59 Å². The highest BCUT2D eigenvalue weighted by molar-refractivity contribution is 5.86. The van der Waals surface area contributed by atoms with E-state index in [0.717, 1.165) is 16.7 Å². The third-order valence-corrected chi connectivity index (χ3v) is 6.40. The maximum absolute atomic E-state index is 12.1. The van der Waals surface area contributed by atoms with Crippen LogP contribution in [0.15, 0.2) is 109 Å². The summed E-state index contributed by atoms with van der Waals surface area (Å²) in [4.78, 5) is 24.0. The van der Waals surface area contributed by atoms with Crippen molar-refractivity contribution in [3.63, 3.8) is 0 Å². The molecule has 0 radical (unpaired) electrons. The number of hydrogen-bond donors (Lipinski definition) is 3. The van der Waals surface area contributed by atoms with Crippen LogP contribution in [0, 0.1) is 0 Å². The zero-order valence-corrected chi connectivity index (χ0v) is 21.5. The van der Waals surface area contributed by atoms with Crippen LogP contribution in [0.1, 0.15) is 48.4 Å². The van der Waals surface area contributed by atoms with Crippen LogP contribution in [0.3, 0.4) is 0 Å². The Bertz CT molecular complexity index is 1300. The Balaban J connectivity index is 0.000000211. The first-order valence-electron chi connectivity index (χ1n) is 12.4. The molecule has 4 aromatic rings. The van der Waals surface area contributed by atoms with Gasteiger partial charge in [0, 0.05) is 0 Å². The number of carboxylic acids is 1. The van der Waals surface area contributed by atoms with Crippen molar-refractivity contribution in [2.75, 3.05) is 6.61 Å². The largest absolute Gasteiger partial charge is 0.508 e. The van der Waals surface area contributed by atoms with E-state index in [-0.39, 0.29) is 17.5 Å². The molecule has 2 unspecified atom stereocenters. The van der Waals surface area contributed by atoms with Crippen LogP contribution in [0.25, 0.3) is 0 Å². The molecule has 0 aliphatic carbocycles. The number of phenolic OH excluding ortho intramolecular Hbond substituents is 2. The van der Waals surface area contributed by atoms with Crippen molar-refractivity contribution in [1.29, 1.82) is 0 Å². The Kier molecular flexibility index (Phi) is 9.66. The predicted molar refractivity (Wildman–Crippen MR) is 146 cm³/mol. The minimum atomic E-state index is -1.07. The number of benzene rings is 4.